The number of hydrogen-bond acceptors (Lipinski definition) is 6. The lowest BCUT2D eigenvalue weighted by Crippen LogP contribution is -2.20. The van der Waals surface area contributed by atoms with Crippen molar-refractivity contribution in [3.05, 3.63) is 34.1 Å². The summed E-state index contributed by atoms with van der Waals surface area (Å²) in [7, 11) is 0. The Labute approximate surface area is 112 Å². The molecule has 104 valence electrons. The number of benzene rings is 1. The number of pyridine rings is 1. The van der Waals surface area contributed by atoms with Gasteiger partial charge in [0.1, 0.15) is 5.56 Å². The molecule has 0 amide bonds. The van der Waals surface area contributed by atoms with Crippen LogP contribution in [0.2, 0.25) is 0 Å². The minimum absolute atomic E-state index is 0.0948. The van der Waals surface area contributed by atoms with Gasteiger partial charge in [-0.25, -0.2) is 4.79 Å². The Morgan fingerprint density at radius 2 is 2.10 bits per heavy atom. The monoisotopic (exact) mass is 277 g/mol. The molecule has 2 heterocycles. The van der Waals surface area contributed by atoms with Crippen molar-refractivity contribution < 1.29 is 24.4 Å². The second-order valence-electron chi connectivity index (χ2n) is 4.26. The van der Waals surface area contributed by atoms with Crippen molar-refractivity contribution >= 4 is 16.9 Å². The van der Waals surface area contributed by atoms with Crippen LogP contribution in [0.3, 0.4) is 0 Å². The highest BCUT2D eigenvalue weighted by molar-refractivity contribution is 5.94. The molecule has 2 aromatic rings. The van der Waals surface area contributed by atoms with Crippen LogP contribution in [0.25, 0.3) is 10.9 Å². The minimum atomic E-state index is -1.09. The third-order valence-electron chi connectivity index (χ3n) is 3.22. The molecule has 1 aromatic heterocycles. The van der Waals surface area contributed by atoms with Gasteiger partial charge in [0.25, 0.3) is 0 Å². The van der Waals surface area contributed by atoms with E-state index in [9.17, 15) is 9.59 Å². The Morgan fingerprint density at radius 3 is 2.75 bits per heavy atom. The SMILES string of the molecule is CCn1cc(C(=O)OO)c(=O)c2cc3c(cc21)OCO3. The van der Waals surface area contributed by atoms with Gasteiger partial charge in [-0.3, -0.25) is 9.68 Å². The molecular formula is C13H11NO6. The Hall–Kier alpha value is -2.54. The zero-order valence-electron chi connectivity index (χ0n) is 10.6. The van der Waals surface area contributed by atoms with E-state index >= 15 is 0 Å². The number of carbonyl (C=O) groups excluding carboxylic acids is 1. The van der Waals surface area contributed by atoms with Gasteiger partial charge in [-0.1, -0.05) is 0 Å². The fraction of sp³-hybridized carbons (Fsp3) is 0.231. The summed E-state index contributed by atoms with van der Waals surface area (Å²) in [5.41, 5.74) is -0.140. The quantitative estimate of drug-likeness (QED) is 0.659. The first-order chi connectivity index (χ1) is 9.65. The largest absolute Gasteiger partial charge is 0.454 e. The van der Waals surface area contributed by atoms with Crippen LogP contribution in [-0.4, -0.2) is 22.6 Å². The first-order valence-electron chi connectivity index (χ1n) is 5.98. The van der Waals surface area contributed by atoms with Crippen molar-refractivity contribution in [3.63, 3.8) is 0 Å². The average Bonchev–Trinajstić information content (AvgIpc) is 2.92. The number of rotatable bonds is 2. The minimum Gasteiger partial charge on any atom is -0.454 e. The Morgan fingerprint density at radius 1 is 1.40 bits per heavy atom. The van der Waals surface area contributed by atoms with Crippen LogP contribution in [0.5, 0.6) is 11.5 Å². The van der Waals surface area contributed by atoms with Crippen LogP contribution >= 0.6 is 0 Å². The second kappa shape index (κ2) is 4.53. The van der Waals surface area contributed by atoms with Crippen LogP contribution < -0.4 is 14.9 Å². The number of aryl methyl sites for hydroxylation is 1. The maximum absolute atomic E-state index is 12.3. The summed E-state index contributed by atoms with van der Waals surface area (Å²) in [5.74, 6) is -0.0832. The van der Waals surface area contributed by atoms with Crippen molar-refractivity contribution in [3.8, 4) is 11.5 Å². The predicted octanol–water partition coefficient (Wildman–Crippen LogP) is 1.38. The third kappa shape index (κ3) is 1.71. The maximum atomic E-state index is 12.3. The maximum Gasteiger partial charge on any atom is 0.378 e. The van der Waals surface area contributed by atoms with E-state index in [1.807, 2.05) is 6.92 Å². The van der Waals surface area contributed by atoms with E-state index < -0.39 is 11.4 Å². The van der Waals surface area contributed by atoms with Gasteiger partial charge in [0.15, 0.2) is 11.5 Å². The molecule has 1 aliphatic heterocycles. The van der Waals surface area contributed by atoms with E-state index in [2.05, 4.69) is 4.89 Å². The van der Waals surface area contributed by atoms with Crippen LogP contribution in [0.1, 0.15) is 17.3 Å². The molecule has 0 spiro atoms. The smallest absolute Gasteiger partial charge is 0.378 e. The van der Waals surface area contributed by atoms with Crippen LogP contribution in [0.4, 0.5) is 0 Å². The number of aromatic nitrogens is 1. The zero-order chi connectivity index (χ0) is 14.3. The van der Waals surface area contributed by atoms with E-state index in [0.29, 0.717) is 28.9 Å². The normalized spacial score (nSPS) is 12.7. The van der Waals surface area contributed by atoms with Crippen molar-refractivity contribution in [2.45, 2.75) is 13.5 Å². The topological polar surface area (TPSA) is 87.0 Å². The molecule has 0 atom stereocenters. The van der Waals surface area contributed by atoms with Gasteiger partial charge in [-0.15, -0.1) is 0 Å². The number of nitrogens with zero attached hydrogens (tertiary/aromatic N) is 1. The van der Waals surface area contributed by atoms with E-state index in [-0.39, 0.29) is 12.4 Å². The molecule has 1 aromatic carbocycles. The van der Waals surface area contributed by atoms with E-state index in [0.717, 1.165) is 0 Å². The first kappa shape index (κ1) is 12.5. The number of fused-ring (bicyclic) bond motifs is 2. The summed E-state index contributed by atoms with van der Waals surface area (Å²) >= 11 is 0. The van der Waals surface area contributed by atoms with Crippen molar-refractivity contribution in [2.75, 3.05) is 6.79 Å². The number of hydrogen-bond donors (Lipinski definition) is 1. The van der Waals surface area contributed by atoms with Gasteiger partial charge >= 0.3 is 5.97 Å². The summed E-state index contributed by atoms with van der Waals surface area (Å²) in [6.45, 7) is 2.49. The number of ether oxygens (including phenoxy) is 2. The zero-order valence-corrected chi connectivity index (χ0v) is 10.6. The lowest BCUT2D eigenvalue weighted by atomic mass is 10.1. The van der Waals surface area contributed by atoms with Gasteiger partial charge in [-0.2, -0.15) is 5.26 Å². The molecular weight excluding hydrogens is 266 g/mol. The van der Waals surface area contributed by atoms with Crippen LogP contribution in [-0.2, 0) is 11.4 Å². The van der Waals surface area contributed by atoms with E-state index in [1.165, 1.54) is 12.3 Å². The molecule has 7 nitrogen and oxygen atoms in total. The molecule has 7 heteroatoms. The Balaban J connectivity index is 2.37. The molecule has 0 radical (unpaired) electrons. The standard InChI is InChI=1S/C13H11NO6/c1-2-14-5-8(13(16)20-17)12(15)7-3-10-11(4-9(7)14)19-6-18-10/h3-5,17H,2,6H2,1H3. The Kier molecular flexibility index (Phi) is 2.83. The Bertz CT molecular complexity index is 764. The van der Waals surface area contributed by atoms with Gasteiger partial charge in [0.2, 0.25) is 12.2 Å². The van der Waals surface area contributed by atoms with Crippen molar-refractivity contribution in [2.24, 2.45) is 0 Å². The molecule has 1 N–H and O–H groups in total. The van der Waals surface area contributed by atoms with Crippen LogP contribution in [0, 0.1) is 0 Å². The lowest BCUT2D eigenvalue weighted by Gasteiger charge is -2.11. The summed E-state index contributed by atoms with van der Waals surface area (Å²) in [6.07, 6.45) is 1.35. The molecule has 3 rings (SSSR count). The fourth-order valence-electron chi connectivity index (χ4n) is 2.24. The van der Waals surface area contributed by atoms with Gasteiger partial charge in [0, 0.05) is 18.8 Å². The molecule has 20 heavy (non-hydrogen) atoms. The third-order valence-corrected chi connectivity index (χ3v) is 3.22. The highest BCUT2D eigenvalue weighted by Gasteiger charge is 2.21. The highest BCUT2D eigenvalue weighted by atomic mass is 17.1. The van der Waals surface area contributed by atoms with E-state index in [1.54, 1.807) is 10.6 Å². The second-order valence-corrected chi connectivity index (χ2v) is 4.26. The molecule has 1 aliphatic rings. The molecule has 0 bridgehead atoms. The fourth-order valence-corrected chi connectivity index (χ4v) is 2.24. The van der Waals surface area contributed by atoms with Crippen molar-refractivity contribution in [1.82, 2.24) is 4.57 Å². The summed E-state index contributed by atoms with van der Waals surface area (Å²) in [4.78, 5) is 27.4. The van der Waals surface area contributed by atoms with Gasteiger partial charge in [0.05, 0.1) is 10.9 Å². The summed E-state index contributed by atoms with van der Waals surface area (Å²) in [5, 5.41) is 8.77. The van der Waals surface area contributed by atoms with Gasteiger partial charge in [-0.05, 0) is 13.0 Å². The molecule has 0 unspecified atom stereocenters. The van der Waals surface area contributed by atoms with Crippen LogP contribution in [0.15, 0.2) is 23.1 Å². The highest BCUT2D eigenvalue weighted by Crippen LogP contribution is 2.35. The van der Waals surface area contributed by atoms with Gasteiger partial charge < -0.3 is 14.0 Å². The number of carbonyl (C=O) groups is 1. The molecule has 0 saturated carbocycles. The van der Waals surface area contributed by atoms with Crippen molar-refractivity contribution in [1.29, 1.82) is 0 Å². The average molecular weight is 277 g/mol. The molecule has 0 fully saturated rings. The first-order valence-corrected chi connectivity index (χ1v) is 5.98. The predicted molar refractivity (Wildman–Crippen MR) is 68.0 cm³/mol. The summed E-state index contributed by atoms with van der Waals surface area (Å²) < 4.78 is 12.2. The summed E-state index contributed by atoms with van der Waals surface area (Å²) in [6, 6.07) is 3.22. The molecule has 0 saturated heterocycles. The molecule has 0 aliphatic carbocycles. The van der Waals surface area contributed by atoms with E-state index in [4.69, 9.17) is 14.7 Å². The lowest BCUT2D eigenvalue weighted by molar-refractivity contribution is -0.182.